The number of ether oxygens (including phenoxy) is 1. The van der Waals surface area contributed by atoms with Crippen LogP contribution < -0.4 is 10.6 Å². The third-order valence-electron chi connectivity index (χ3n) is 5.73. The number of methoxy groups -OCH3 is 1. The SMILES string of the molecule is COC(=O)[C@H](Cc1ccccc1)NC(=O)c1cccc(Nc2nc(-c3ccc(C(F)(F)F)cc3)c(C)s2)c1. The Morgan fingerprint density at radius 1 is 1.00 bits per heavy atom. The molecule has 0 aliphatic heterocycles. The molecule has 1 heterocycles. The summed E-state index contributed by atoms with van der Waals surface area (Å²) in [7, 11) is 1.27. The largest absolute Gasteiger partial charge is 0.467 e. The van der Waals surface area contributed by atoms with Crippen LogP contribution in [0.25, 0.3) is 11.3 Å². The summed E-state index contributed by atoms with van der Waals surface area (Å²) < 4.78 is 43.5. The number of rotatable bonds is 8. The Kier molecular flexibility index (Phi) is 8.11. The van der Waals surface area contributed by atoms with Crippen LogP contribution in [-0.2, 0) is 22.1 Å². The van der Waals surface area contributed by atoms with Crippen LogP contribution in [-0.4, -0.2) is 30.0 Å². The number of hydrogen-bond donors (Lipinski definition) is 2. The third kappa shape index (κ3) is 6.57. The molecule has 196 valence electrons. The third-order valence-corrected chi connectivity index (χ3v) is 6.62. The number of alkyl halides is 3. The molecular formula is C28H24F3N3O3S. The van der Waals surface area contributed by atoms with Crippen LogP contribution in [0.4, 0.5) is 24.0 Å². The smallest absolute Gasteiger partial charge is 0.416 e. The fourth-order valence-electron chi connectivity index (χ4n) is 3.82. The van der Waals surface area contributed by atoms with Crippen LogP contribution in [0.15, 0.2) is 78.9 Å². The number of thiazole rings is 1. The first kappa shape index (κ1) is 26.9. The number of nitrogens with one attached hydrogen (secondary N) is 2. The van der Waals surface area contributed by atoms with E-state index in [9.17, 15) is 22.8 Å². The number of anilines is 2. The van der Waals surface area contributed by atoms with Gasteiger partial charge in [-0.3, -0.25) is 4.79 Å². The highest BCUT2D eigenvalue weighted by Gasteiger charge is 2.30. The molecule has 10 heteroatoms. The number of aromatic nitrogens is 1. The highest BCUT2D eigenvalue weighted by Crippen LogP contribution is 2.34. The van der Waals surface area contributed by atoms with Gasteiger partial charge in [-0.2, -0.15) is 13.2 Å². The maximum absolute atomic E-state index is 13.0. The standard InChI is InChI=1S/C28H24F3N3O3S/c1-17-24(19-11-13-21(14-12-19)28(29,30)31)34-27(38-17)32-22-10-6-9-20(16-22)25(35)33-23(26(36)37-2)15-18-7-4-3-5-8-18/h3-14,16,23H,15H2,1-2H3,(H,32,34)(H,33,35)/t23-/m0/s1. The van der Waals surface area contributed by atoms with Gasteiger partial charge in [0.15, 0.2) is 5.13 Å². The predicted molar refractivity (Wildman–Crippen MR) is 140 cm³/mol. The average Bonchev–Trinajstić information content (AvgIpc) is 3.27. The quantitative estimate of drug-likeness (QED) is 0.254. The Morgan fingerprint density at radius 3 is 2.37 bits per heavy atom. The molecule has 1 atom stereocenters. The second-order valence-electron chi connectivity index (χ2n) is 8.44. The summed E-state index contributed by atoms with van der Waals surface area (Å²) in [5.41, 5.74) is 2.21. The zero-order chi connectivity index (χ0) is 27.3. The maximum atomic E-state index is 13.0. The molecular weight excluding hydrogens is 515 g/mol. The normalized spacial score (nSPS) is 12.0. The van der Waals surface area contributed by atoms with Crippen molar-refractivity contribution in [2.45, 2.75) is 25.6 Å². The molecule has 0 spiro atoms. The fourth-order valence-corrected chi connectivity index (χ4v) is 4.68. The van der Waals surface area contributed by atoms with E-state index in [1.54, 1.807) is 24.3 Å². The number of carbonyl (C=O) groups excluding carboxylic acids is 2. The van der Waals surface area contributed by atoms with Gasteiger partial charge >= 0.3 is 12.1 Å². The number of nitrogens with zero attached hydrogens (tertiary/aromatic N) is 1. The fraction of sp³-hybridized carbons (Fsp3) is 0.179. The number of aryl methyl sites for hydroxylation is 1. The van der Waals surface area contributed by atoms with Gasteiger partial charge in [0, 0.05) is 28.1 Å². The molecule has 0 bridgehead atoms. The molecule has 4 aromatic rings. The Bertz CT molecular complexity index is 1420. The second kappa shape index (κ2) is 11.5. The maximum Gasteiger partial charge on any atom is 0.416 e. The minimum atomic E-state index is -4.40. The predicted octanol–water partition coefficient (Wildman–Crippen LogP) is 6.40. The first-order chi connectivity index (χ1) is 18.1. The minimum Gasteiger partial charge on any atom is -0.467 e. The number of carbonyl (C=O) groups is 2. The molecule has 1 aromatic heterocycles. The molecule has 4 rings (SSSR count). The lowest BCUT2D eigenvalue weighted by molar-refractivity contribution is -0.143. The number of esters is 1. The van der Waals surface area contributed by atoms with Gasteiger partial charge < -0.3 is 15.4 Å². The molecule has 0 saturated carbocycles. The van der Waals surface area contributed by atoms with Gasteiger partial charge in [-0.25, -0.2) is 9.78 Å². The van der Waals surface area contributed by atoms with Crippen molar-refractivity contribution in [3.05, 3.63) is 100 Å². The van der Waals surface area contributed by atoms with E-state index in [2.05, 4.69) is 15.6 Å². The van der Waals surface area contributed by atoms with Crippen molar-refractivity contribution in [2.24, 2.45) is 0 Å². The first-order valence-corrected chi connectivity index (χ1v) is 12.4. The average molecular weight is 540 g/mol. The zero-order valence-corrected chi connectivity index (χ0v) is 21.3. The highest BCUT2D eigenvalue weighted by atomic mass is 32.1. The van der Waals surface area contributed by atoms with E-state index >= 15 is 0 Å². The van der Waals surface area contributed by atoms with Crippen LogP contribution in [0.2, 0.25) is 0 Å². The van der Waals surface area contributed by atoms with Crippen molar-refractivity contribution in [3.8, 4) is 11.3 Å². The summed E-state index contributed by atoms with van der Waals surface area (Å²) in [6.07, 6.45) is -4.12. The molecule has 6 nitrogen and oxygen atoms in total. The molecule has 0 aliphatic rings. The molecule has 0 aliphatic carbocycles. The summed E-state index contributed by atoms with van der Waals surface area (Å²) in [5, 5.41) is 6.41. The summed E-state index contributed by atoms with van der Waals surface area (Å²) in [5.74, 6) is -0.994. The van der Waals surface area contributed by atoms with E-state index in [1.165, 1.54) is 30.6 Å². The van der Waals surface area contributed by atoms with Gasteiger partial charge in [0.2, 0.25) is 0 Å². The van der Waals surface area contributed by atoms with Crippen molar-refractivity contribution >= 4 is 34.0 Å². The molecule has 0 saturated heterocycles. The lowest BCUT2D eigenvalue weighted by atomic mass is 10.1. The molecule has 0 fully saturated rings. The Morgan fingerprint density at radius 2 is 1.71 bits per heavy atom. The number of halogens is 3. The number of amides is 1. The highest BCUT2D eigenvalue weighted by molar-refractivity contribution is 7.16. The number of benzene rings is 3. The molecule has 1 amide bonds. The van der Waals surface area contributed by atoms with Crippen molar-refractivity contribution < 1.29 is 27.5 Å². The zero-order valence-electron chi connectivity index (χ0n) is 20.5. The van der Waals surface area contributed by atoms with E-state index in [1.807, 2.05) is 37.3 Å². The van der Waals surface area contributed by atoms with Crippen LogP contribution >= 0.6 is 11.3 Å². The van der Waals surface area contributed by atoms with E-state index in [0.717, 1.165) is 22.6 Å². The van der Waals surface area contributed by atoms with Crippen LogP contribution in [0, 0.1) is 6.92 Å². The van der Waals surface area contributed by atoms with Crippen LogP contribution in [0.3, 0.4) is 0 Å². The van der Waals surface area contributed by atoms with Gasteiger partial charge in [0.05, 0.1) is 18.4 Å². The van der Waals surface area contributed by atoms with Crippen LogP contribution in [0.1, 0.15) is 26.4 Å². The Balaban J connectivity index is 1.48. The van der Waals surface area contributed by atoms with Gasteiger partial charge in [0.1, 0.15) is 6.04 Å². The number of hydrogen-bond acceptors (Lipinski definition) is 6. The monoisotopic (exact) mass is 539 g/mol. The van der Waals surface area contributed by atoms with E-state index in [4.69, 9.17) is 4.74 Å². The summed E-state index contributed by atoms with van der Waals surface area (Å²) in [4.78, 5) is 30.6. The first-order valence-electron chi connectivity index (χ1n) is 11.6. The van der Waals surface area contributed by atoms with Crippen molar-refractivity contribution in [2.75, 3.05) is 12.4 Å². The van der Waals surface area contributed by atoms with Gasteiger partial charge in [-0.1, -0.05) is 48.5 Å². The summed E-state index contributed by atoms with van der Waals surface area (Å²) in [6, 6.07) is 20.0. The molecule has 3 aromatic carbocycles. The summed E-state index contributed by atoms with van der Waals surface area (Å²) >= 11 is 1.34. The minimum absolute atomic E-state index is 0.280. The molecule has 0 radical (unpaired) electrons. The van der Waals surface area contributed by atoms with Gasteiger partial charge in [0.25, 0.3) is 5.91 Å². The Hall–Kier alpha value is -4.18. The van der Waals surface area contributed by atoms with Gasteiger partial charge in [-0.15, -0.1) is 11.3 Å². The van der Waals surface area contributed by atoms with Gasteiger partial charge in [-0.05, 0) is 42.8 Å². The summed E-state index contributed by atoms with van der Waals surface area (Å²) in [6.45, 7) is 1.83. The second-order valence-corrected chi connectivity index (χ2v) is 9.65. The van der Waals surface area contributed by atoms with Crippen molar-refractivity contribution in [1.29, 1.82) is 0 Å². The lowest BCUT2D eigenvalue weighted by Crippen LogP contribution is -2.43. The van der Waals surface area contributed by atoms with E-state index in [-0.39, 0.29) is 6.42 Å². The molecule has 38 heavy (non-hydrogen) atoms. The van der Waals surface area contributed by atoms with E-state index in [0.29, 0.717) is 27.6 Å². The van der Waals surface area contributed by atoms with Crippen LogP contribution in [0.5, 0.6) is 0 Å². The Labute approximate surface area is 221 Å². The van der Waals surface area contributed by atoms with Crippen molar-refractivity contribution in [3.63, 3.8) is 0 Å². The topological polar surface area (TPSA) is 80.3 Å². The van der Waals surface area contributed by atoms with E-state index < -0.39 is 29.7 Å². The molecule has 0 unspecified atom stereocenters. The van der Waals surface area contributed by atoms with Crippen molar-refractivity contribution in [1.82, 2.24) is 10.3 Å². The lowest BCUT2D eigenvalue weighted by Gasteiger charge is -2.17. The molecule has 2 N–H and O–H groups in total.